The minimum atomic E-state index is -1.19. The highest BCUT2D eigenvalue weighted by Crippen LogP contribution is 2.37. The summed E-state index contributed by atoms with van der Waals surface area (Å²) >= 11 is 11.8. The summed E-state index contributed by atoms with van der Waals surface area (Å²) in [5.74, 6) is 1.54. The van der Waals surface area contributed by atoms with E-state index >= 15 is 0 Å². The van der Waals surface area contributed by atoms with Gasteiger partial charge in [0.05, 0.1) is 14.2 Å². The fourth-order valence-corrected chi connectivity index (χ4v) is 7.92. The molecule has 0 aromatic heterocycles. The van der Waals surface area contributed by atoms with Crippen LogP contribution in [0.25, 0.3) is 0 Å². The second-order valence-corrected chi connectivity index (χ2v) is 15.6. The number of aliphatic hydroxyl groups is 2. The zero-order valence-electron chi connectivity index (χ0n) is 33.5. The van der Waals surface area contributed by atoms with Gasteiger partial charge < -0.3 is 35.0 Å². The lowest BCUT2D eigenvalue weighted by Gasteiger charge is -2.38. The van der Waals surface area contributed by atoms with Crippen LogP contribution in [0.15, 0.2) is 97.1 Å². The van der Waals surface area contributed by atoms with Crippen LogP contribution in [0.3, 0.4) is 0 Å². The molecule has 4 aromatic carbocycles. The van der Waals surface area contributed by atoms with Crippen molar-refractivity contribution in [1.82, 2.24) is 10.2 Å². The number of carbonyl (C=O) groups is 4. The van der Waals surface area contributed by atoms with E-state index in [0.29, 0.717) is 60.7 Å². The topological polar surface area (TPSA) is 163 Å². The predicted molar refractivity (Wildman–Crippen MR) is 242 cm³/mol. The monoisotopic (exact) mass is 880 g/mol. The zero-order chi connectivity index (χ0) is 42.7. The molecule has 0 aliphatic carbocycles. The third-order valence-corrected chi connectivity index (χ3v) is 11.2. The molecule has 4 N–H and O–H groups in total. The summed E-state index contributed by atoms with van der Waals surface area (Å²) in [6, 6.07) is 31.0. The van der Waals surface area contributed by atoms with E-state index in [2.05, 4.69) is 17.4 Å². The Morgan fingerprint density at radius 1 is 0.656 bits per heavy atom. The van der Waals surface area contributed by atoms with E-state index in [1.54, 1.807) is 31.3 Å². The van der Waals surface area contributed by atoms with Crippen molar-refractivity contribution in [2.45, 2.75) is 65.2 Å². The van der Waals surface area contributed by atoms with Gasteiger partial charge in [-0.1, -0.05) is 86.6 Å². The summed E-state index contributed by atoms with van der Waals surface area (Å²) in [5, 5.41) is 29.0. The number of nitrogens with one attached hydrogen (secondary N) is 1. The Kier molecular flexibility index (Phi) is 23.4. The maximum atomic E-state index is 12.8. The minimum Gasteiger partial charge on any atom is -0.497 e. The van der Waals surface area contributed by atoms with Crippen LogP contribution in [0.4, 0.5) is 0 Å². The Bertz CT molecular complexity index is 1930. The summed E-state index contributed by atoms with van der Waals surface area (Å²) in [7, 11) is 3.31. The molecule has 2 unspecified atom stereocenters. The van der Waals surface area contributed by atoms with Gasteiger partial charge in [-0.25, -0.2) is 4.79 Å². The van der Waals surface area contributed by atoms with Gasteiger partial charge in [0.1, 0.15) is 36.3 Å². The van der Waals surface area contributed by atoms with Crippen molar-refractivity contribution in [2.75, 3.05) is 53.6 Å². The highest BCUT2D eigenvalue weighted by Gasteiger charge is 2.33. The molecule has 61 heavy (non-hydrogen) atoms. The highest BCUT2D eigenvalue weighted by molar-refractivity contribution is 6.30. The van der Waals surface area contributed by atoms with E-state index < -0.39 is 19.2 Å². The third kappa shape index (κ3) is 17.3. The van der Waals surface area contributed by atoms with E-state index in [4.69, 9.17) is 47.7 Å². The third-order valence-electron chi connectivity index (χ3n) is 10.7. The van der Waals surface area contributed by atoms with Crippen LogP contribution in [0.2, 0.25) is 10.0 Å². The first kappa shape index (κ1) is 52.4. The largest absolute Gasteiger partial charge is 0.497 e. The number of ether oxygens (including phenoxy) is 2. The number of ketones is 2. The van der Waals surface area contributed by atoms with E-state index in [0.717, 1.165) is 54.1 Å². The first-order chi connectivity index (χ1) is 28.4. The number of likely N-dealkylation sites (tertiary alicyclic amines) is 1. The van der Waals surface area contributed by atoms with E-state index in [-0.39, 0.29) is 44.2 Å². The lowest BCUT2D eigenvalue weighted by atomic mass is 9.77. The van der Waals surface area contributed by atoms with Gasteiger partial charge in [0, 0.05) is 48.8 Å². The number of aliphatic carboxylic acids is 1. The normalized spacial score (nSPS) is 18.0. The van der Waals surface area contributed by atoms with Gasteiger partial charge in [0.15, 0.2) is 0 Å². The molecule has 6 rings (SSSR count). The number of hydrogen-bond donors (Lipinski definition) is 4. The van der Waals surface area contributed by atoms with E-state index in [1.165, 1.54) is 5.56 Å². The van der Waals surface area contributed by atoms with Crippen molar-refractivity contribution < 1.29 is 44.0 Å². The first-order valence-electron chi connectivity index (χ1n) is 19.6. The van der Waals surface area contributed by atoms with Crippen LogP contribution in [-0.4, -0.2) is 97.3 Å². The Balaban J connectivity index is 0.000000370. The number of halogens is 2. The van der Waals surface area contributed by atoms with Crippen LogP contribution in [-0.2, 0) is 32.0 Å². The van der Waals surface area contributed by atoms with Crippen LogP contribution in [0.1, 0.15) is 74.6 Å². The Morgan fingerprint density at radius 3 is 1.49 bits per heavy atom. The molecule has 1 amide bonds. The van der Waals surface area contributed by atoms with Gasteiger partial charge in [0.2, 0.25) is 5.91 Å². The average molecular weight is 882 g/mol. The number of rotatable bonds is 14. The van der Waals surface area contributed by atoms with Crippen LogP contribution in [0, 0.1) is 11.8 Å². The number of amides is 1. The van der Waals surface area contributed by atoms with Crippen LogP contribution in [0.5, 0.6) is 11.5 Å². The fourth-order valence-electron chi connectivity index (χ4n) is 7.67. The SMILES string of the molecule is C.C.COc1ccc(C2CCN(C(=O)CO)C[C@H]2CC(=O)Cc2ccc(Cl)cc2)cc1.COc1ccc(C2CCNC[C@H]2CC(=O)Cc2ccc(Cl)cc2)cc1.O=C(O)CO. The van der Waals surface area contributed by atoms with Gasteiger partial charge in [-0.3, -0.25) is 14.4 Å². The number of hydrogen-bond acceptors (Lipinski definition) is 9. The molecule has 2 saturated heterocycles. The number of methoxy groups -OCH3 is 2. The summed E-state index contributed by atoms with van der Waals surface area (Å²) in [6.07, 6.45) is 3.63. The molecular formula is C48H62Cl2N2O9. The number of benzene rings is 4. The molecule has 2 heterocycles. The van der Waals surface area contributed by atoms with Crippen molar-refractivity contribution in [3.63, 3.8) is 0 Å². The molecule has 0 bridgehead atoms. The quantitative estimate of drug-likeness (QED) is 0.0975. The van der Waals surface area contributed by atoms with E-state index in [9.17, 15) is 19.5 Å². The van der Waals surface area contributed by atoms with Crippen molar-refractivity contribution >= 4 is 46.6 Å². The number of carboxylic acid groups (broad SMARTS) is 1. The van der Waals surface area contributed by atoms with Crippen molar-refractivity contribution in [1.29, 1.82) is 0 Å². The molecule has 0 saturated carbocycles. The maximum absolute atomic E-state index is 12.8. The first-order valence-corrected chi connectivity index (χ1v) is 20.4. The smallest absolute Gasteiger partial charge is 0.329 e. The summed E-state index contributed by atoms with van der Waals surface area (Å²) in [6.45, 7) is 1.67. The van der Waals surface area contributed by atoms with Gasteiger partial charge in [0.25, 0.3) is 0 Å². The maximum Gasteiger partial charge on any atom is 0.329 e. The summed E-state index contributed by atoms with van der Waals surface area (Å²) in [5.41, 5.74) is 4.40. The number of aliphatic hydroxyl groups excluding tert-OH is 2. The highest BCUT2D eigenvalue weighted by atomic mass is 35.5. The predicted octanol–water partition coefficient (Wildman–Crippen LogP) is 8.05. The van der Waals surface area contributed by atoms with E-state index in [1.807, 2.05) is 72.8 Å². The summed E-state index contributed by atoms with van der Waals surface area (Å²) < 4.78 is 10.5. The molecule has 332 valence electrons. The molecule has 0 spiro atoms. The van der Waals surface area contributed by atoms with Crippen LogP contribution < -0.4 is 14.8 Å². The Morgan fingerprint density at radius 2 is 1.08 bits per heavy atom. The van der Waals surface area contributed by atoms with Gasteiger partial charge in [-0.2, -0.15) is 0 Å². The lowest BCUT2D eigenvalue weighted by Crippen LogP contribution is -2.44. The molecule has 2 aliphatic rings. The number of carbonyl (C=O) groups excluding carboxylic acids is 3. The van der Waals surface area contributed by atoms with Crippen molar-refractivity contribution in [3.05, 3.63) is 129 Å². The van der Waals surface area contributed by atoms with Crippen molar-refractivity contribution in [3.8, 4) is 11.5 Å². The standard InChI is InChI=1S/C23H26ClNO4.C21H24ClNO2.C2H4O3.2CH4/c1-29-21-8-4-17(5-9-21)22-10-11-25(23(28)15-26)14-18(22)13-20(27)12-16-2-6-19(24)7-3-16;1-25-20-8-4-16(5-9-20)21-10-11-23-14-17(21)13-19(24)12-15-2-6-18(22)7-3-15;3-1-2(4)5;;/h2-9,18,22,26H,10-15H2,1H3;2-9,17,21,23H,10-14H2,1H3;3H,1H2,(H,4,5);2*1H4/t18-,22?;17-,21?;;;/m11.../s1. The van der Waals surface area contributed by atoms with Gasteiger partial charge in [-0.15, -0.1) is 0 Å². The average Bonchev–Trinajstić information content (AvgIpc) is 3.25. The number of carboxylic acids is 1. The molecule has 13 heteroatoms. The zero-order valence-corrected chi connectivity index (χ0v) is 35.0. The molecule has 4 aromatic rings. The van der Waals surface area contributed by atoms with Crippen molar-refractivity contribution in [2.24, 2.45) is 11.8 Å². The molecule has 2 aliphatic heterocycles. The Labute approximate surface area is 371 Å². The second kappa shape index (κ2) is 27.2. The lowest BCUT2D eigenvalue weighted by molar-refractivity contribution is -0.140. The summed E-state index contributed by atoms with van der Waals surface area (Å²) in [4.78, 5) is 48.1. The molecule has 4 atom stereocenters. The number of piperidine rings is 2. The van der Waals surface area contributed by atoms with Gasteiger partial charge in [-0.05, 0) is 120 Å². The molecular weight excluding hydrogens is 819 g/mol. The van der Waals surface area contributed by atoms with Gasteiger partial charge >= 0.3 is 5.97 Å². The van der Waals surface area contributed by atoms with Crippen LogP contribution >= 0.6 is 23.2 Å². The Hall–Kier alpha value is -4.78. The number of Topliss-reactive ketones (excluding diaryl/α,β-unsaturated/α-hetero) is 2. The minimum absolute atomic E-state index is 0. The fraction of sp³-hybridized carbons (Fsp3) is 0.417. The second-order valence-electron chi connectivity index (χ2n) is 14.7. The molecule has 11 nitrogen and oxygen atoms in total. The molecule has 2 fully saturated rings. The molecule has 0 radical (unpaired) electrons. The number of nitrogens with zero attached hydrogens (tertiary/aromatic N) is 1.